The van der Waals surface area contributed by atoms with Crippen LogP contribution in [0, 0.1) is 41.4 Å². The molecule has 1 N–H and O–H groups in total. The molecule has 9 atom stereocenters. The number of carbonyl (C=O) groups excluding carboxylic acids is 3. The molecule has 10 heteroatoms. The molecule has 4 bridgehead atoms. The Hall–Kier alpha value is -1.94. The molecule has 0 aromatic carbocycles. The number of rotatable bonds is 6. The average Bonchev–Trinajstić information content (AvgIpc) is 3.41. The van der Waals surface area contributed by atoms with E-state index in [1.54, 1.807) is 0 Å². The van der Waals surface area contributed by atoms with E-state index >= 15 is 0 Å². The van der Waals surface area contributed by atoms with Crippen molar-refractivity contribution in [2.75, 3.05) is 12.4 Å². The molecule has 3 saturated carbocycles. The molecule has 1 saturated heterocycles. The summed E-state index contributed by atoms with van der Waals surface area (Å²) in [7, 11) is -4.24. The molecule has 1 heterocycles. The van der Waals surface area contributed by atoms with E-state index in [2.05, 4.69) is 0 Å². The van der Waals surface area contributed by atoms with Crippen molar-refractivity contribution < 1.29 is 41.6 Å². The van der Waals surface area contributed by atoms with Crippen molar-refractivity contribution >= 4 is 28.0 Å². The monoisotopic (exact) mass is 426 g/mol. The van der Waals surface area contributed by atoms with Gasteiger partial charge in [0, 0.05) is 11.8 Å². The maximum atomic E-state index is 13.0. The van der Waals surface area contributed by atoms with Gasteiger partial charge in [0.1, 0.15) is 24.6 Å². The highest BCUT2D eigenvalue weighted by atomic mass is 32.2. The van der Waals surface area contributed by atoms with Crippen molar-refractivity contribution in [3.05, 3.63) is 12.2 Å². The smallest absolute Gasteiger partial charge is 0.310 e. The topological polar surface area (TPSA) is 133 Å². The molecule has 5 aliphatic rings. The van der Waals surface area contributed by atoms with Gasteiger partial charge in [-0.15, -0.1) is 0 Å². The minimum atomic E-state index is -4.24. The van der Waals surface area contributed by atoms with Crippen LogP contribution in [0.3, 0.4) is 0 Å². The molecule has 5 rings (SSSR count). The van der Waals surface area contributed by atoms with Gasteiger partial charge in [-0.2, -0.15) is 8.42 Å². The fourth-order valence-electron chi connectivity index (χ4n) is 6.09. The Balaban J connectivity index is 1.27. The highest BCUT2D eigenvalue weighted by Gasteiger charge is 2.64. The predicted molar refractivity (Wildman–Crippen MR) is 94.6 cm³/mol. The van der Waals surface area contributed by atoms with E-state index in [9.17, 15) is 22.8 Å². The lowest BCUT2D eigenvalue weighted by Crippen LogP contribution is -2.41. The second kappa shape index (κ2) is 6.53. The van der Waals surface area contributed by atoms with Crippen LogP contribution in [0.25, 0.3) is 0 Å². The summed E-state index contributed by atoms with van der Waals surface area (Å²) in [6, 6.07) is 0. The lowest BCUT2D eigenvalue weighted by molar-refractivity contribution is -0.171. The zero-order valence-corrected chi connectivity index (χ0v) is 16.3. The normalized spacial score (nSPS) is 43.6. The summed E-state index contributed by atoms with van der Waals surface area (Å²) in [6.45, 7) is -0.469. The third-order valence-electron chi connectivity index (χ3n) is 7.26. The van der Waals surface area contributed by atoms with Crippen LogP contribution >= 0.6 is 0 Å². The van der Waals surface area contributed by atoms with E-state index in [1.165, 1.54) is 0 Å². The first kappa shape index (κ1) is 19.0. The van der Waals surface area contributed by atoms with Crippen molar-refractivity contribution in [2.24, 2.45) is 41.4 Å². The molecule has 1 aliphatic heterocycles. The van der Waals surface area contributed by atoms with Crippen LogP contribution < -0.4 is 0 Å². The SMILES string of the molecule is O=C1OC2C3CC(CC13)C2OC(=O)C1C2C=CC(C2)C1C(=O)OCCS(=O)(=O)O. The summed E-state index contributed by atoms with van der Waals surface area (Å²) in [5, 5.41) is 0. The summed E-state index contributed by atoms with van der Waals surface area (Å²) in [4.78, 5) is 37.5. The zero-order valence-electron chi connectivity index (χ0n) is 15.5. The number of fused-ring (bicyclic) bond motifs is 3. The summed E-state index contributed by atoms with van der Waals surface area (Å²) < 4.78 is 46.7. The maximum Gasteiger partial charge on any atom is 0.310 e. The molecule has 0 aromatic heterocycles. The molecule has 0 spiro atoms. The molecule has 29 heavy (non-hydrogen) atoms. The quantitative estimate of drug-likeness (QED) is 0.276. The lowest BCUT2D eigenvalue weighted by atomic mass is 9.82. The van der Waals surface area contributed by atoms with Gasteiger partial charge in [-0.3, -0.25) is 18.9 Å². The lowest BCUT2D eigenvalue weighted by Gasteiger charge is -2.30. The number of hydrogen-bond donors (Lipinski definition) is 1. The number of esters is 3. The summed E-state index contributed by atoms with van der Waals surface area (Å²) in [5.41, 5.74) is 0. The van der Waals surface area contributed by atoms with Gasteiger partial charge in [0.05, 0.1) is 17.8 Å². The Morgan fingerprint density at radius 2 is 1.79 bits per heavy atom. The summed E-state index contributed by atoms with van der Waals surface area (Å²) >= 11 is 0. The molecular weight excluding hydrogens is 404 g/mol. The van der Waals surface area contributed by atoms with Crippen LogP contribution in [0.4, 0.5) is 0 Å². The molecule has 0 aromatic rings. The summed E-state index contributed by atoms with van der Waals surface area (Å²) in [6.07, 6.45) is 5.07. The molecule has 0 radical (unpaired) electrons. The van der Waals surface area contributed by atoms with Crippen molar-refractivity contribution in [1.29, 1.82) is 0 Å². The van der Waals surface area contributed by atoms with Gasteiger partial charge < -0.3 is 14.2 Å². The first-order valence-electron chi connectivity index (χ1n) is 9.94. The molecule has 0 amide bonds. The number of ether oxygens (including phenoxy) is 3. The third kappa shape index (κ3) is 3.07. The van der Waals surface area contributed by atoms with Gasteiger partial charge in [-0.25, -0.2) is 0 Å². The van der Waals surface area contributed by atoms with Crippen molar-refractivity contribution in [1.82, 2.24) is 0 Å². The Bertz CT molecular complexity index is 893. The number of hydrogen-bond acceptors (Lipinski definition) is 8. The molecule has 9 unspecified atom stereocenters. The first-order chi connectivity index (χ1) is 13.7. The highest BCUT2D eigenvalue weighted by molar-refractivity contribution is 7.85. The van der Waals surface area contributed by atoms with Crippen molar-refractivity contribution in [3.8, 4) is 0 Å². The number of allylic oxidation sites excluding steroid dienone is 2. The van der Waals surface area contributed by atoms with Crippen LogP contribution in [0.15, 0.2) is 12.2 Å². The minimum Gasteiger partial charge on any atom is -0.464 e. The third-order valence-corrected chi connectivity index (χ3v) is 7.94. The van der Waals surface area contributed by atoms with Gasteiger partial charge in [0.15, 0.2) is 0 Å². The van der Waals surface area contributed by atoms with E-state index in [-0.39, 0.29) is 41.7 Å². The molecule has 9 nitrogen and oxygen atoms in total. The van der Waals surface area contributed by atoms with Crippen LogP contribution in [-0.2, 0) is 38.7 Å². The number of carbonyl (C=O) groups is 3. The standard InChI is InChI=1S/C19H22O9S/c20-17-12-7-10-6-11(12)16(28-17)15(10)27-19(22)14-9-2-1-8(5-9)13(14)18(21)26-3-4-29(23,24)25/h1-2,8-16H,3-7H2,(H,23,24,25). The Morgan fingerprint density at radius 1 is 1.10 bits per heavy atom. The first-order valence-corrected chi connectivity index (χ1v) is 11.5. The molecule has 158 valence electrons. The van der Waals surface area contributed by atoms with Gasteiger partial charge in [-0.1, -0.05) is 12.2 Å². The van der Waals surface area contributed by atoms with E-state index < -0.39 is 52.4 Å². The van der Waals surface area contributed by atoms with E-state index in [1.807, 2.05) is 12.2 Å². The molecule has 4 fully saturated rings. The van der Waals surface area contributed by atoms with Crippen LogP contribution in [-0.4, -0.2) is 55.4 Å². The Kier molecular flexibility index (Phi) is 4.29. The minimum absolute atomic E-state index is 0.0732. The summed E-state index contributed by atoms with van der Waals surface area (Å²) in [5.74, 6) is -3.63. The predicted octanol–water partition coefficient (Wildman–Crippen LogP) is 0.349. The van der Waals surface area contributed by atoms with Crippen LogP contribution in [0.1, 0.15) is 19.3 Å². The van der Waals surface area contributed by atoms with E-state index in [0.717, 1.165) is 6.42 Å². The van der Waals surface area contributed by atoms with Crippen LogP contribution in [0.2, 0.25) is 0 Å². The van der Waals surface area contributed by atoms with Gasteiger partial charge in [0.2, 0.25) is 0 Å². The molecular formula is C19H22O9S. The van der Waals surface area contributed by atoms with E-state index in [0.29, 0.717) is 12.8 Å². The highest BCUT2D eigenvalue weighted by Crippen LogP contribution is 2.56. The second-order valence-corrected chi connectivity index (χ2v) is 10.3. The van der Waals surface area contributed by atoms with Gasteiger partial charge >= 0.3 is 17.9 Å². The largest absolute Gasteiger partial charge is 0.464 e. The maximum absolute atomic E-state index is 13.0. The second-order valence-electron chi connectivity index (χ2n) is 8.76. The van der Waals surface area contributed by atoms with Crippen LogP contribution in [0.5, 0.6) is 0 Å². The average molecular weight is 426 g/mol. The van der Waals surface area contributed by atoms with Gasteiger partial charge in [-0.05, 0) is 31.1 Å². The zero-order chi connectivity index (χ0) is 20.5. The van der Waals surface area contributed by atoms with Crippen molar-refractivity contribution in [2.45, 2.75) is 31.5 Å². The fourth-order valence-corrected chi connectivity index (χ4v) is 6.38. The van der Waals surface area contributed by atoms with Gasteiger partial charge in [0.25, 0.3) is 10.1 Å². The molecule has 4 aliphatic carbocycles. The Morgan fingerprint density at radius 3 is 2.48 bits per heavy atom. The fraction of sp³-hybridized carbons (Fsp3) is 0.737. The Labute approximate surface area is 167 Å². The van der Waals surface area contributed by atoms with E-state index in [4.69, 9.17) is 18.8 Å². The van der Waals surface area contributed by atoms with Crippen molar-refractivity contribution in [3.63, 3.8) is 0 Å².